The van der Waals surface area contributed by atoms with Crippen LogP contribution in [0.5, 0.6) is 0 Å². The van der Waals surface area contributed by atoms with Crippen LogP contribution in [0.3, 0.4) is 0 Å². The topological polar surface area (TPSA) is 0 Å². The molecule has 0 bridgehead atoms. The van der Waals surface area contributed by atoms with Crippen molar-refractivity contribution in [3.05, 3.63) is 10.4 Å². The lowest BCUT2D eigenvalue weighted by Crippen LogP contribution is -2.40. The Morgan fingerprint density at radius 2 is 0.917 bits per heavy atom. The van der Waals surface area contributed by atoms with Gasteiger partial charge in [-0.3, -0.25) is 0 Å². The minimum atomic E-state index is -1.04. The highest BCUT2D eigenvalue weighted by atomic mass is 28.4. The van der Waals surface area contributed by atoms with Crippen molar-refractivity contribution in [1.82, 2.24) is 0 Å². The van der Waals surface area contributed by atoms with Crippen LogP contribution in [-0.4, -0.2) is 16.1 Å². The first-order valence-electron chi connectivity index (χ1n) is 4.75. The highest BCUT2D eigenvalue weighted by Crippen LogP contribution is 2.27. The Labute approximate surface area is 80.1 Å². The molecule has 0 N–H and O–H groups in total. The molecule has 0 aromatic carbocycles. The third-order valence-electron chi connectivity index (χ3n) is 2.00. The van der Waals surface area contributed by atoms with Gasteiger partial charge >= 0.3 is 0 Å². The van der Waals surface area contributed by atoms with Crippen molar-refractivity contribution >= 4 is 16.1 Å². The first-order valence-corrected chi connectivity index (χ1v) is 11.8. The average molecular weight is 200 g/mol. The second-order valence-corrected chi connectivity index (χ2v) is 16.4. The first kappa shape index (κ1) is 12.2. The third-order valence-corrected chi connectivity index (χ3v) is 10.5. The molecule has 0 amide bonds. The summed E-state index contributed by atoms with van der Waals surface area (Å²) >= 11 is 0. The average Bonchev–Trinajstić information content (AvgIpc) is 1.49. The third kappa shape index (κ3) is 3.27. The Morgan fingerprint density at radius 1 is 0.667 bits per heavy atom. The molecule has 0 unspecified atom stereocenters. The summed E-state index contributed by atoms with van der Waals surface area (Å²) in [7, 11) is -2.09. The van der Waals surface area contributed by atoms with Crippen molar-refractivity contribution in [1.29, 1.82) is 0 Å². The molecule has 2 heteroatoms. The normalized spacial score (nSPS) is 13.0. The van der Waals surface area contributed by atoms with Crippen LogP contribution in [0.25, 0.3) is 0 Å². The van der Waals surface area contributed by atoms with E-state index >= 15 is 0 Å². The molecule has 0 nitrogen and oxygen atoms in total. The largest absolute Gasteiger partial charge is 0.0925 e. The molecule has 0 saturated carbocycles. The van der Waals surface area contributed by atoms with Crippen molar-refractivity contribution in [2.24, 2.45) is 0 Å². The zero-order valence-electron chi connectivity index (χ0n) is 10.0. The van der Waals surface area contributed by atoms with Crippen LogP contribution in [0, 0.1) is 0 Å². The van der Waals surface area contributed by atoms with E-state index in [2.05, 4.69) is 53.1 Å². The smallest absolute Gasteiger partial charge is 0.0681 e. The lowest BCUT2D eigenvalue weighted by molar-refractivity contribution is 1.36. The number of hydrogen-bond acceptors (Lipinski definition) is 0. The molecule has 0 aliphatic heterocycles. The Kier molecular flexibility index (Phi) is 3.55. The second kappa shape index (κ2) is 3.50. The van der Waals surface area contributed by atoms with E-state index < -0.39 is 16.1 Å². The molecule has 0 atom stereocenters. The molecule has 0 radical (unpaired) electrons. The molecule has 12 heavy (non-hydrogen) atoms. The van der Waals surface area contributed by atoms with Crippen LogP contribution >= 0.6 is 0 Å². The molecule has 0 saturated heterocycles. The van der Waals surface area contributed by atoms with Gasteiger partial charge in [-0.2, -0.15) is 0 Å². The molecule has 0 aromatic heterocycles. The molecule has 0 aliphatic rings. The van der Waals surface area contributed by atoms with Gasteiger partial charge in [0.05, 0.1) is 16.1 Å². The maximum absolute atomic E-state index is 2.47. The van der Waals surface area contributed by atoms with Gasteiger partial charge in [0, 0.05) is 0 Å². The van der Waals surface area contributed by atoms with Crippen molar-refractivity contribution in [2.75, 3.05) is 0 Å². The molecule has 0 aromatic rings. The van der Waals surface area contributed by atoms with Gasteiger partial charge in [0.15, 0.2) is 0 Å². The van der Waals surface area contributed by atoms with E-state index in [1.165, 1.54) is 0 Å². The monoisotopic (exact) mass is 200 g/mol. The van der Waals surface area contributed by atoms with Gasteiger partial charge in [-0.05, 0) is 13.8 Å². The zero-order chi connectivity index (χ0) is 10.2. The molecular formula is C10H24Si2. The van der Waals surface area contributed by atoms with E-state index in [1.807, 2.05) is 4.82 Å². The Hall–Kier alpha value is 0.174. The molecule has 0 rings (SSSR count). The van der Waals surface area contributed by atoms with Crippen molar-refractivity contribution in [2.45, 2.75) is 53.1 Å². The number of hydrogen-bond donors (Lipinski definition) is 0. The standard InChI is InChI=1S/C10H24Si2/c1-9(2)10(11(3,4)5)12(6,7)8/h1-8H3. The van der Waals surface area contributed by atoms with Crippen molar-refractivity contribution in [3.8, 4) is 0 Å². The summed E-state index contributed by atoms with van der Waals surface area (Å²) in [6, 6.07) is 0. The van der Waals surface area contributed by atoms with Crippen LogP contribution in [0.2, 0.25) is 39.3 Å². The summed E-state index contributed by atoms with van der Waals surface area (Å²) in [6.07, 6.45) is 0. The summed E-state index contributed by atoms with van der Waals surface area (Å²) in [4.78, 5) is 1.86. The number of allylic oxidation sites excluding steroid dienone is 1. The van der Waals surface area contributed by atoms with Gasteiger partial charge in [-0.15, -0.1) is 0 Å². The lowest BCUT2D eigenvalue weighted by Gasteiger charge is -2.33. The second-order valence-electron chi connectivity index (χ2n) is 5.88. The van der Waals surface area contributed by atoms with E-state index in [4.69, 9.17) is 0 Å². The van der Waals surface area contributed by atoms with Gasteiger partial charge in [0.2, 0.25) is 0 Å². The number of rotatable bonds is 2. The molecule has 0 heterocycles. The Bertz CT molecular complexity index is 169. The zero-order valence-corrected chi connectivity index (χ0v) is 12.0. The Balaban J connectivity index is 5.13. The fourth-order valence-corrected chi connectivity index (χ4v) is 14.6. The molecule has 0 aliphatic carbocycles. The van der Waals surface area contributed by atoms with Gasteiger partial charge in [0.1, 0.15) is 0 Å². The van der Waals surface area contributed by atoms with E-state index in [9.17, 15) is 0 Å². The van der Waals surface area contributed by atoms with Gasteiger partial charge < -0.3 is 0 Å². The van der Waals surface area contributed by atoms with Crippen LogP contribution in [-0.2, 0) is 0 Å². The van der Waals surface area contributed by atoms with Gasteiger partial charge in [-0.1, -0.05) is 49.7 Å². The van der Waals surface area contributed by atoms with E-state index in [0.29, 0.717) is 0 Å². The van der Waals surface area contributed by atoms with E-state index in [1.54, 1.807) is 5.57 Å². The highest BCUT2D eigenvalue weighted by Gasteiger charge is 2.31. The van der Waals surface area contributed by atoms with Crippen LogP contribution in [0.1, 0.15) is 13.8 Å². The SMILES string of the molecule is CC(C)=C([Si](C)(C)C)[Si](C)(C)C. The molecule has 72 valence electrons. The maximum Gasteiger partial charge on any atom is 0.0681 e. The molecular weight excluding hydrogens is 176 g/mol. The lowest BCUT2D eigenvalue weighted by atomic mass is 10.4. The van der Waals surface area contributed by atoms with Crippen LogP contribution in [0.4, 0.5) is 0 Å². The highest BCUT2D eigenvalue weighted by molar-refractivity contribution is 7.04. The fourth-order valence-electron chi connectivity index (χ4n) is 2.62. The van der Waals surface area contributed by atoms with Crippen LogP contribution < -0.4 is 0 Å². The molecule has 0 spiro atoms. The summed E-state index contributed by atoms with van der Waals surface area (Å²) in [5.41, 5.74) is 1.59. The predicted molar refractivity (Wildman–Crippen MR) is 65.1 cm³/mol. The fraction of sp³-hybridized carbons (Fsp3) is 0.800. The minimum Gasteiger partial charge on any atom is -0.0925 e. The summed E-state index contributed by atoms with van der Waals surface area (Å²) in [5.74, 6) is 0. The van der Waals surface area contributed by atoms with Gasteiger partial charge in [-0.25, -0.2) is 0 Å². The first-order chi connectivity index (χ1) is 5.07. The Morgan fingerprint density at radius 3 is 0.917 bits per heavy atom. The predicted octanol–water partition coefficient (Wildman–Crippen LogP) is 4.08. The van der Waals surface area contributed by atoms with E-state index in [-0.39, 0.29) is 0 Å². The van der Waals surface area contributed by atoms with Crippen molar-refractivity contribution in [3.63, 3.8) is 0 Å². The summed E-state index contributed by atoms with van der Waals surface area (Å²) in [5, 5.41) is 0. The summed E-state index contributed by atoms with van der Waals surface area (Å²) in [6.45, 7) is 19.4. The van der Waals surface area contributed by atoms with Crippen molar-refractivity contribution < 1.29 is 0 Å². The molecule has 0 fully saturated rings. The minimum absolute atomic E-state index is 1.04. The van der Waals surface area contributed by atoms with Gasteiger partial charge in [0.25, 0.3) is 0 Å². The van der Waals surface area contributed by atoms with E-state index in [0.717, 1.165) is 0 Å². The maximum atomic E-state index is 2.47. The van der Waals surface area contributed by atoms with Crippen LogP contribution in [0.15, 0.2) is 10.4 Å². The quantitative estimate of drug-likeness (QED) is 0.589. The summed E-state index contributed by atoms with van der Waals surface area (Å²) < 4.78 is 0.